The van der Waals surface area contributed by atoms with Crippen LogP contribution in [0.3, 0.4) is 0 Å². The predicted molar refractivity (Wildman–Crippen MR) is 87.3 cm³/mol. The van der Waals surface area contributed by atoms with Gasteiger partial charge in [-0.2, -0.15) is 0 Å². The average Bonchev–Trinajstić information content (AvgIpc) is 2.69. The summed E-state index contributed by atoms with van der Waals surface area (Å²) >= 11 is 4.75. The zero-order valence-electron chi connectivity index (χ0n) is 10.9. The number of para-hydroxylation sites is 1. The topological polar surface area (TPSA) is 24.4 Å². The molecule has 0 fully saturated rings. The summed E-state index contributed by atoms with van der Waals surface area (Å²) in [6, 6.07) is 18.7. The minimum absolute atomic E-state index is 0.00936. The molecule has 1 unspecified atom stereocenters. The molecule has 20 heavy (non-hydrogen) atoms. The largest absolute Gasteiger partial charge is 0.382 e. The molecule has 1 heterocycles. The maximum absolute atomic E-state index is 4.75. The van der Waals surface area contributed by atoms with Crippen molar-refractivity contribution in [2.75, 3.05) is 11.9 Å². The molecule has 1 aliphatic rings. The second kappa shape index (κ2) is 5.83. The first-order valence-corrected chi connectivity index (χ1v) is 6.97. The first-order chi connectivity index (χ1) is 9.88. The lowest BCUT2D eigenvalue weighted by Crippen LogP contribution is -2.13. The fraction of sp³-hybridized carbons (Fsp3) is 0.118. The molecule has 1 atom stereocenters. The molecule has 98 valence electrons. The van der Waals surface area contributed by atoms with Crippen LogP contribution in [0.1, 0.15) is 11.1 Å². The number of thiocarbonyl (C=S) groups is 1. The third kappa shape index (κ3) is 2.55. The Balaban J connectivity index is 2.16. The van der Waals surface area contributed by atoms with Crippen molar-refractivity contribution in [2.24, 2.45) is 4.99 Å². The average molecular weight is 278 g/mol. The van der Waals surface area contributed by atoms with Gasteiger partial charge in [0.2, 0.25) is 0 Å². The first kappa shape index (κ1) is 12.8. The highest BCUT2D eigenvalue weighted by Gasteiger charge is 2.16. The van der Waals surface area contributed by atoms with Crippen molar-refractivity contribution in [3.8, 4) is 0 Å². The lowest BCUT2D eigenvalue weighted by Gasteiger charge is -2.11. The van der Waals surface area contributed by atoms with Crippen LogP contribution in [0.5, 0.6) is 0 Å². The molecule has 0 bridgehead atoms. The summed E-state index contributed by atoms with van der Waals surface area (Å²) in [6.45, 7) is 0.733. The van der Waals surface area contributed by atoms with Crippen molar-refractivity contribution >= 4 is 28.6 Å². The summed E-state index contributed by atoms with van der Waals surface area (Å²) in [6.07, 6.45) is 2.16. The monoisotopic (exact) mass is 278 g/mol. The van der Waals surface area contributed by atoms with Crippen LogP contribution in [0.4, 0.5) is 5.69 Å². The van der Waals surface area contributed by atoms with Gasteiger partial charge < -0.3 is 5.32 Å². The van der Waals surface area contributed by atoms with Crippen LogP contribution in [0.25, 0.3) is 5.57 Å². The quantitative estimate of drug-likeness (QED) is 0.663. The highest BCUT2D eigenvalue weighted by atomic mass is 32.1. The van der Waals surface area contributed by atoms with E-state index in [9.17, 15) is 0 Å². The van der Waals surface area contributed by atoms with Crippen molar-refractivity contribution in [2.45, 2.75) is 6.04 Å². The summed E-state index contributed by atoms with van der Waals surface area (Å²) in [5, 5.41) is 5.92. The number of rotatable bonds is 2. The Labute approximate surface area is 123 Å². The number of fused-ring (bicyclic) bond motifs is 1. The van der Waals surface area contributed by atoms with E-state index in [1.54, 1.807) is 0 Å². The highest BCUT2D eigenvalue weighted by Crippen LogP contribution is 2.32. The minimum atomic E-state index is 0.00936. The fourth-order valence-corrected chi connectivity index (χ4v) is 2.58. The van der Waals surface area contributed by atoms with Crippen LogP contribution < -0.4 is 5.32 Å². The van der Waals surface area contributed by atoms with E-state index >= 15 is 0 Å². The van der Waals surface area contributed by atoms with Crippen LogP contribution in [-0.4, -0.2) is 17.7 Å². The van der Waals surface area contributed by atoms with E-state index in [0.29, 0.717) is 0 Å². The van der Waals surface area contributed by atoms with E-state index in [4.69, 9.17) is 12.2 Å². The highest BCUT2D eigenvalue weighted by molar-refractivity contribution is 7.78. The van der Waals surface area contributed by atoms with Gasteiger partial charge in [-0.25, -0.2) is 4.99 Å². The summed E-state index contributed by atoms with van der Waals surface area (Å²) < 4.78 is 0. The molecule has 0 aliphatic carbocycles. The van der Waals surface area contributed by atoms with Crippen molar-refractivity contribution in [1.29, 1.82) is 0 Å². The zero-order valence-corrected chi connectivity index (χ0v) is 11.7. The number of isothiocyanates is 1. The van der Waals surface area contributed by atoms with Gasteiger partial charge in [-0.15, -0.1) is 0 Å². The molecule has 3 rings (SSSR count). The van der Waals surface area contributed by atoms with Crippen molar-refractivity contribution in [3.63, 3.8) is 0 Å². The van der Waals surface area contributed by atoms with Crippen molar-refractivity contribution in [1.82, 2.24) is 0 Å². The van der Waals surface area contributed by atoms with E-state index in [-0.39, 0.29) is 6.04 Å². The standard InChI is InChI=1S/C17H14N2S/c20-12-19-14-10-16(13-6-2-1-3-7-13)15-8-4-5-9-17(15)18-11-14/h1-10,14,18H,11H2. The Hall–Kier alpha value is -2.22. The van der Waals surface area contributed by atoms with E-state index in [1.807, 2.05) is 12.1 Å². The number of nitrogens with zero attached hydrogens (tertiary/aromatic N) is 1. The molecule has 0 spiro atoms. The van der Waals surface area contributed by atoms with E-state index < -0.39 is 0 Å². The molecule has 2 nitrogen and oxygen atoms in total. The van der Waals surface area contributed by atoms with Crippen LogP contribution in [0, 0.1) is 0 Å². The fourth-order valence-electron chi connectivity index (χ4n) is 2.45. The molecular formula is C17H14N2S. The van der Waals surface area contributed by atoms with Crippen LogP contribution in [-0.2, 0) is 0 Å². The van der Waals surface area contributed by atoms with Crippen LogP contribution in [0.15, 0.2) is 65.7 Å². The Morgan fingerprint density at radius 3 is 2.60 bits per heavy atom. The first-order valence-electron chi connectivity index (χ1n) is 6.56. The number of benzene rings is 2. The third-order valence-electron chi connectivity index (χ3n) is 3.38. The van der Waals surface area contributed by atoms with E-state index in [1.165, 1.54) is 16.7 Å². The Morgan fingerprint density at radius 1 is 1.05 bits per heavy atom. The lowest BCUT2D eigenvalue weighted by molar-refractivity contribution is 0.872. The van der Waals surface area contributed by atoms with E-state index in [2.05, 4.69) is 64.0 Å². The molecule has 3 heteroatoms. The number of hydrogen-bond acceptors (Lipinski definition) is 3. The normalized spacial score (nSPS) is 17.0. The zero-order chi connectivity index (χ0) is 13.8. The van der Waals surface area contributed by atoms with Gasteiger partial charge in [-0.3, -0.25) is 0 Å². The van der Waals surface area contributed by atoms with E-state index in [0.717, 1.165) is 12.2 Å². The number of aliphatic imine (C=N–C) groups is 1. The van der Waals surface area contributed by atoms with Gasteiger partial charge in [0.1, 0.15) is 0 Å². The SMILES string of the molecule is S=C=NC1C=C(c2ccccc2)c2ccccc2NC1. The van der Waals surface area contributed by atoms with Gasteiger partial charge in [0.15, 0.2) is 0 Å². The van der Waals surface area contributed by atoms with Crippen LogP contribution in [0.2, 0.25) is 0 Å². The maximum Gasteiger partial charge on any atom is 0.0964 e. The predicted octanol–water partition coefficient (Wildman–Crippen LogP) is 4.02. The molecule has 2 aromatic carbocycles. The number of anilines is 1. The molecule has 0 radical (unpaired) electrons. The molecule has 1 aliphatic heterocycles. The third-order valence-corrected chi connectivity index (χ3v) is 3.49. The second-order valence-corrected chi connectivity index (χ2v) is 4.84. The lowest BCUT2D eigenvalue weighted by atomic mass is 9.96. The molecule has 1 N–H and O–H groups in total. The van der Waals surface area contributed by atoms with Gasteiger partial charge in [0, 0.05) is 17.8 Å². The Bertz CT molecular complexity index is 685. The van der Waals surface area contributed by atoms with Gasteiger partial charge in [0.25, 0.3) is 0 Å². The summed E-state index contributed by atoms with van der Waals surface area (Å²) in [5.74, 6) is 0. The maximum atomic E-state index is 4.75. The molecule has 0 amide bonds. The Kier molecular flexibility index (Phi) is 3.73. The summed E-state index contributed by atoms with van der Waals surface area (Å²) in [7, 11) is 0. The van der Waals surface area contributed by atoms with Crippen LogP contribution >= 0.6 is 12.2 Å². The van der Waals surface area contributed by atoms with Crippen molar-refractivity contribution in [3.05, 3.63) is 71.8 Å². The summed E-state index contributed by atoms with van der Waals surface area (Å²) in [4.78, 5) is 4.23. The van der Waals surface area contributed by atoms with Gasteiger partial charge in [-0.05, 0) is 35.5 Å². The van der Waals surface area contributed by atoms with Gasteiger partial charge >= 0.3 is 0 Å². The molecule has 2 aromatic rings. The summed E-state index contributed by atoms with van der Waals surface area (Å²) in [5.41, 5.74) is 4.70. The second-order valence-electron chi connectivity index (χ2n) is 4.66. The molecule has 0 aromatic heterocycles. The van der Waals surface area contributed by atoms with Gasteiger partial charge in [0.05, 0.1) is 11.2 Å². The molecular weight excluding hydrogens is 264 g/mol. The number of nitrogens with one attached hydrogen (secondary N) is 1. The van der Waals surface area contributed by atoms with Crippen molar-refractivity contribution < 1.29 is 0 Å². The Morgan fingerprint density at radius 2 is 1.80 bits per heavy atom. The smallest absolute Gasteiger partial charge is 0.0964 e. The number of hydrogen-bond donors (Lipinski definition) is 1. The minimum Gasteiger partial charge on any atom is -0.382 e. The molecule has 0 saturated heterocycles. The van der Waals surface area contributed by atoms with Gasteiger partial charge in [-0.1, -0.05) is 48.5 Å². The molecule has 0 saturated carbocycles.